The molecule has 0 fully saturated rings. The number of methoxy groups -OCH3 is 1. The lowest BCUT2D eigenvalue weighted by atomic mass is 10.3. The van der Waals surface area contributed by atoms with Gasteiger partial charge in [-0.3, -0.25) is 4.79 Å². The van der Waals surface area contributed by atoms with E-state index in [1.807, 2.05) is 0 Å². The average Bonchev–Trinajstić information content (AvgIpc) is 2.57. The van der Waals surface area contributed by atoms with Crippen LogP contribution >= 0.6 is 40.2 Å². The summed E-state index contributed by atoms with van der Waals surface area (Å²) in [4.78, 5) is 35.2. The molecule has 25 heavy (non-hydrogen) atoms. The zero-order valence-corrected chi connectivity index (χ0v) is 16.7. The number of ether oxygens (including phenoxy) is 1. The summed E-state index contributed by atoms with van der Waals surface area (Å²) >= 11 is 12.4. The van der Waals surface area contributed by atoms with Gasteiger partial charge in [0.15, 0.2) is 4.73 Å². The van der Waals surface area contributed by atoms with Crippen molar-refractivity contribution >= 4 is 61.5 Å². The Bertz CT molecular complexity index is 985. The number of H-pyrrole nitrogens is 1. The van der Waals surface area contributed by atoms with Crippen LogP contribution in [0.15, 0.2) is 17.0 Å². The molecule has 2 heterocycles. The zero-order chi connectivity index (χ0) is 19.1. The largest absolute Gasteiger partial charge is 0.464 e. The van der Waals surface area contributed by atoms with Gasteiger partial charge >= 0.3 is 5.97 Å². The second kappa shape index (κ2) is 9.65. The highest BCUT2D eigenvalue weighted by Gasteiger charge is 2.12. The van der Waals surface area contributed by atoms with Crippen LogP contribution in [-0.4, -0.2) is 46.5 Å². The number of hydrogen-bond acceptors (Lipinski definition) is 8. The van der Waals surface area contributed by atoms with Gasteiger partial charge in [0, 0.05) is 6.20 Å². The summed E-state index contributed by atoms with van der Waals surface area (Å²) in [6.45, 7) is 1.69. The van der Waals surface area contributed by atoms with Crippen LogP contribution in [0.5, 0.6) is 0 Å². The van der Waals surface area contributed by atoms with Gasteiger partial charge in [0.25, 0.3) is 15.1 Å². The Morgan fingerprint density at radius 1 is 1.36 bits per heavy atom. The average molecular weight is 470 g/mol. The summed E-state index contributed by atoms with van der Waals surface area (Å²) in [7, 11) is -1.28. The van der Waals surface area contributed by atoms with E-state index in [1.54, 1.807) is 6.92 Å². The fraction of sp³-hybridized carbons (Fsp3) is 0.167. The van der Waals surface area contributed by atoms with Gasteiger partial charge in [0.05, 0.1) is 17.8 Å². The van der Waals surface area contributed by atoms with Gasteiger partial charge in [-0.15, -0.1) is 0 Å². The quantitative estimate of drug-likeness (QED) is 0.295. The second-order valence-electron chi connectivity index (χ2n) is 4.06. The van der Waals surface area contributed by atoms with Crippen LogP contribution in [0.25, 0.3) is 0 Å². The number of esters is 1. The van der Waals surface area contributed by atoms with Gasteiger partial charge in [0.1, 0.15) is 11.4 Å². The Labute approximate surface area is 161 Å². The van der Waals surface area contributed by atoms with Crippen molar-refractivity contribution in [3.05, 3.63) is 43.9 Å². The number of nitrogens with one attached hydrogen (secondary N) is 1. The van der Waals surface area contributed by atoms with E-state index < -0.39 is 21.4 Å². The smallest absolute Gasteiger partial charge is 0.354 e. The lowest BCUT2D eigenvalue weighted by molar-refractivity contribution is 0.0593. The van der Waals surface area contributed by atoms with Crippen LogP contribution in [0.1, 0.15) is 26.7 Å². The summed E-state index contributed by atoms with van der Waals surface area (Å²) < 4.78 is 25.2. The monoisotopic (exact) mass is 468 g/mol. The first kappa shape index (κ1) is 21.3. The number of rotatable bonds is 2. The minimum absolute atomic E-state index is 0.0386. The summed E-state index contributed by atoms with van der Waals surface area (Å²) in [5, 5.41) is -0.218. The Balaban J connectivity index is 0.000000251. The van der Waals surface area contributed by atoms with E-state index in [4.69, 9.17) is 11.6 Å². The normalized spacial score (nSPS) is 9.64. The van der Waals surface area contributed by atoms with E-state index in [2.05, 4.69) is 53.2 Å². The molecule has 0 radical (unpaired) electrons. The van der Waals surface area contributed by atoms with Gasteiger partial charge in [-0.2, -0.15) is 8.42 Å². The topological polar surface area (TPSA) is 132 Å². The first-order valence-electron chi connectivity index (χ1n) is 6.16. The van der Waals surface area contributed by atoms with Gasteiger partial charge in [-0.05, 0) is 28.9 Å². The van der Waals surface area contributed by atoms with Crippen LogP contribution < -0.4 is 0 Å². The van der Waals surface area contributed by atoms with Crippen LogP contribution in [0.4, 0.5) is 0 Å². The van der Waals surface area contributed by atoms with E-state index in [0.29, 0.717) is 10.4 Å². The predicted octanol–water partition coefficient (Wildman–Crippen LogP) is 1.88. The standard InChI is InChI=1S/C6H4BrClN2OS.C6H6N2O4S/c1-2-3(8)4(5(11)12)10-6(7)9-2;1-12-5(9)4-2-3-7-6(8-4)13(10)11/h1H3,(H,11,12);2-3,8H,1H3. The maximum atomic E-state index is 10.9. The van der Waals surface area contributed by atoms with E-state index in [1.165, 1.54) is 19.4 Å². The van der Waals surface area contributed by atoms with Crippen molar-refractivity contribution in [2.75, 3.05) is 7.11 Å². The maximum Gasteiger partial charge on any atom is 0.354 e. The number of hydrogen-bond donors (Lipinski definition) is 2. The zero-order valence-electron chi connectivity index (χ0n) is 12.6. The number of aryl methyl sites for hydroxylation is 1. The molecule has 0 atom stereocenters. The predicted molar refractivity (Wildman–Crippen MR) is 94.9 cm³/mol. The molecule has 0 saturated heterocycles. The molecule has 0 aliphatic carbocycles. The van der Waals surface area contributed by atoms with Crippen LogP contribution in [0.3, 0.4) is 0 Å². The molecule has 0 spiro atoms. The van der Waals surface area contributed by atoms with Crippen LogP contribution in [0.2, 0.25) is 5.02 Å². The van der Waals surface area contributed by atoms with Gasteiger partial charge < -0.3 is 9.72 Å². The van der Waals surface area contributed by atoms with Crippen molar-refractivity contribution in [1.29, 1.82) is 0 Å². The molecule has 2 aromatic heterocycles. The van der Waals surface area contributed by atoms with Crippen molar-refractivity contribution in [3.63, 3.8) is 0 Å². The van der Waals surface area contributed by atoms with Crippen molar-refractivity contribution in [2.24, 2.45) is 0 Å². The Morgan fingerprint density at radius 2 is 2.00 bits per heavy atom. The molecule has 134 valence electrons. The van der Waals surface area contributed by atoms with Crippen LogP contribution in [-0.2, 0) is 15.0 Å². The van der Waals surface area contributed by atoms with Gasteiger partial charge in [0.2, 0.25) is 5.12 Å². The SMILES string of the molecule is COC(=O)c1ccnc(=S(=O)=O)[nH]1.Cc1nc(Br)nc(C(=O)S)c1Cl. The van der Waals surface area contributed by atoms with E-state index in [9.17, 15) is 18.0 Å². The van der Waals surface area contributed by atoms with Crippen molar-refractivity contribution < 1.29 is 22.7 Å². The molecule has 13 heteroatoms. The molecule has 0 amide bonds. The molecule has 2 aromatic rings. The minimum atomic E-state index is -2.48. The fourth-order valence-corrected chi connectivity index (χ4v) is 2.53. The molecule has 0 saturated carbocycles. The maximum absolute atomic E-state index is 10.9. The first-order chi connectivity index (χ1) is 11.7. The van der Waals surface area contributed by atoms with E-state index in [0.717, 1.165) is 0 Å². The number of aromatic amines is 1. The third kappa shape index (κ3) is 6.23. The molecule has 0 bridgehead atoms. The molecule has 0 unspecified atom stereocenters. The number of halogens is 2. The summed E-state index contributed by atoms with van der Waals surface area (Å²) in [5.41, 5.74) is 0.715. The Hall–Kier alpha value is -1.76. The highest BCUT2D eigenvalue weighted by molar-refractivity contribution is 9.10. The lowest BCUT2D eigenvalue weighted by Crippen LogP contribution is -2.04. The number of nitrogens with zero attached hydrogens (tertiary/aromatic N) is 3. The molecule has 0 aromatic carbocycles. The lowest BCUT2D eigenvalue weighted by Gasteiger charge is -2.01. The molecule has 0 aliphatic rings. The number of carbonyl (C=O) groups is 2. The fourth-order valence-electron chi connectivity index (χ4n) is 1.35. The third-order valence-electron chi connectivity index (χ3n) is 2.43. The van der Waals surface area contributed by atoms with Crippen LogP contribution in [0, 0.1) is 11.7 Å². The summed E-state index contributed by atoms with van der Waals surface area (Å²) in [6.07, 6.45) is 1.20. The first-order valence-corrected chi connectivity index (χ1v) is 8.85. The number of aromatic nitrogens is 4. The summed E-state index contributed by atoms with van der Waals surface area (Å²) in [6, 6.07) is 1.32. The molecule has 1 N–H and O–H groups in total. The Morgan fingerprint density at radius 3 is 2.52 bits per heavy atom. The molecular weight excluding hydrogens is 460 g/mol. The molecule has 9 nitrogen and oxygen atoms in total. The van der Waals surface area contributed by atoms with Crippen molar-refractivity contribution in [3.8, 4) is 0 Å². The van der Waals surface area contributed by atoms with Crippen molar-refractivity contribution in [1.82, 2.24) is 19.9 Å². The van der Waals surface area contributed by atoms with Gasteiger partial charge in [-0.1, -0.05) is 24.2 Å². The van der Waals surface area contributed by atoms with Gasteiger partial charge in [-0.25, -0.2) is 19.7 Å². The third-order valence-corrected chi connectivity index (χ3v) is 3.97. The second-order valence-corrected chi connectivity index (χ2v) is 6.41. The number of thiol groups is 1. The minimum Gasteiger partial charge on any atom is -0.464 e. The summed E-state index contributed by atoms with van der Waals surface area (Å²) in [5.74, 6) is -0.644. The molecule has 2 rings (SSSR count). The highest BCUT2D eigenvalue weighted by atomic mass is 79.9. The number of carbonyl (C=O) groups excluding carboxylic acids is 2. The molecule has 0 aliphatic heterocycles. The highest BCUT2D eigenvalue weighted by Crippen LogP contribution is 2.20. The molecular formula is C12H10BrClN4O5S2. The Kier molecular flexibility index (Phi) is 8.22. The van der Waals surface area contributed by atoms with Crippen molar-refractivity contribution in [2.45, 2.75) is 6.92 Å². The van der Waals surface area contributed by atoms with E-state index in [-0.39, 0.29) is 21.2 Å². The van der Waals surface area contributed by atoms with E-state index >= 15 is 0 Å².